The van der Waals surface area contributed by atoms with Crippen LogP contribution in [0.15, 0.2) is 0 Å². The van der Waals surface area contributed by atoms with E-state index in [1.165, 1.54) is 32.1 Å². The summed E-state index contributed by atoms with van der Waals surface area (Å²) in [5.41, 5.74) is 0.259. The van der Waals surface area contributed by atoms with E-state index >= 15 is 0 Å². The number of ether oxygens (including phenoxy) is 1. The maximum atomic E-state index is 9.24. The predicted octanol–water partition coefficient (Wildman–Crippen LogP) is 1.72. The van der Waals surface area contributed by atoms with E-state index in [4.69, 9.17) is 4.74 Å². The minimum atomic E-state index is 0.259. The van der Waals surface area contributed by atoms with Gasteiger partial charge in [0.25, 0.3) is 0 Å². The average Bonchev–Trinajstić information content (AvgIpc) is 2.49. The van der Waals surface area contributed by atoms with Gasteiger partial charge in [-0.3, -0.25) is 0 Å². The summed E-state index contributed by atoms with van der Waals surface area (Å²) in [5.74, 6) is 0. The third-order valence-corrected chi connectivity index (χ3v) is 3.43. The molecule has 0 aromatic heterocycles. The molecule has 0 aromatic carbocycles. The Morgan fingerprint density at radius 3 is 2.58 bits per heavy atom. The molecule has 70 valence electrons. The van der Waals surface area contributed by atoms with Gasteiger partial charge in [0.15, 0.2) is 0 Å². The second-order valence-corrected chi connectivity index (χ2v) is 4.35. The first-order chi connectivity index (χ1) is 5.85. The Morgan fingerprint density at radius 2 is 2.17 bits per heavy atom. The average molecular weight is 170 g/mol. The SMILES string of the molecule is OCC1(CC2CCCO2)CCC1. The second kappa shape index (κ2) is 3.35. The third kappa shape index (κ3) is 1.50. The molecule has 0 aromatic rings. The zero-order chi connectivity index (χ0) is 8.44. The van der Waals surface area contributed by atoms with Crippen molar-refractivity contribution in [2.45, 2.75) is 44.6 Å². The Morgan fingerprint density at radius 1 is 1.33 bits per heavy atom. The van der Waals surface area contributed by atoms with Crippen molar-refractivity contribution in [1.82, 2.24) is 0 Å². The fraction of sp³-hybridized carbons (Fsp3) is 1.00. The highest BCUT2D eigenvalue weighted by Crippen LogP contribution is 2.45. The van der Waals surface area contributed by atoms with Crippen LogP contribution in [0.5, 0.6) is 0 Å². The van der Waals surface area contributed by atoms with E-state index in [0.717, 1.165) is 13.0 Å². The van der Waals surface area contributed by atoms with Crippen molar-refractivity contribution in [3.63, 3.8) is 0 Å². The van der Waals surface area contributed by atoms with Gasteiger partial charge in [0.05, 0.1) is 6.10 Å². The number of hydrogen-bond donors (Lipinski definition) is 1. The van der Waals surface area contributed by atoms with Crippen LogP contribution in [0.2, 0.25) is 0 Å². The normalized spacial score (nSPS) is 33.2. The molecule has 2 heteroatoms. The lowest BCUT2D eigenvalue weighted by Gasteiger charge is -2.41. The van der Waals surface area contributed by atoms with Crippen LogP contribution in [-0.2, 0) is 4.74 Å². The van der Waals surface area contributed by atoms with Gasteiger partial charge in [-0.25, -0.2) is 0 Å². The van der Waals surface area contributed by atoms with Crippen molar-refractivity contribution >= 4 is 0 Å². The summed E-state index contributed by atoms with van der Waals surface area (Å²) in [6, 6.07) is 0. The van der Waals surface area contributed by atoms with E-state index in [-0.39, 0.29) is 5.41 Å². The zero-order valence-corrected chi connectivity index (χ0v) is 7.59. The van der Waals surface area contributed by atoms with Gasteiger partial charge in [0, 0.05) is 13.2 Å². The molecule has 12 heavy (non-hydrogen) atoms. The van der Waals surface area contributed by atoms with Crippen LogP contribution in [0.25, 0.3) is 0 Å². The summed E-state index contributed by atoms with van der Waals surface area (Å²) in [5, 5.41) is 9.24. The smallest absolute Gasteiger partial charge is 0.0582 e. The van der Waals surface area contributed by atoms with E-state index < -0.39 is 0 Å². The predicted molar refractivity (Wildman–Crippen MR) is 47.0 cm³/mol. The summed E-state index contributed by atoms with van der Waals surface area (Å²) < 4.78 is 5.58. The summed E-state index contributed by atoms with van der Waals surface area (Å²) in [7, 11) is 0. The van der Waals surface area contributed by atoms with Gasteiger partial charge >= 0.3 is 0 Å². The Bertz CT molecular complexity index is 140. The minimum absolute atomic E-state index is 0.259. The van der Waals surface area contributed by atoms with Crippen molar-refractivity contribution in [3.05, 3.63) is 0 Å². The third-order valence-electron chi connectivity index (χ3n) is 3.43. The van der Waals surface area contributed by atoms with Crippen molar-refractivity contribution < 1.29 is 9.84 Å². The molecule has 0 radical (unpaired) electrons. The zero-order valence-electron chi connectivity index (χ0n) is 7.59. The molecule has 1 atom stereocenters. The molecule has 0 spiro atoms. The fourth-order valence-electron chi connectivity index (χ4n) is 2.39. The maximum Gasteiger partial charge on any atom is 0.0582 e. The molecule has 1 saturated carbocycles. The number of rotatable bonds is 3. The molecule has 1 unspecified atom stereocenters. The summed E-state index contributed by atoms with van der Waals surface area (Å²) in [4.78, 5) is 0. The second-order valence-electron chi connectivity index (χ2n) is 4.35. The largest absolute Gasteiger partial charge is 0.396 e. The lowest BCUT2D eigenvalue weighted by molar-refractivity contribution is -0.0160. The van der Waals surface area contributed by atoms with Crippen LogP contribution in [-0.4, -0.2) is 24.4 Å². The van der Waals surface area contributed by atoms with Gasteiger partial charge in [0.2, 0.25) is 0 Å². The molecule has 1 aliphatic heterocycles. The standard InChI is InChI=1S/C10H18O2/c11-8-10(4-2-5-10)7-9-3-1-6-12-9/h9,11H,1-8H2. The van der Waals surface area contributed by atoms with Crippen LogP contribution >= 0.6 is 0 Å². The molecule has 0 bridgehead atoms. The van der Waals surface area contributed by atoms with Crippen molar-refractivity contribution in [1.29, 1.82) is 0 Å². The Hall–Kier alpha value is -0.0800. The van der Waals surface area contributed by atoms with E-state index in [1.807, 2.05) is 0 Å². The summed E-state index contributed by atoms with van der Waals surface area (Å²) in [6.07, 6.45) is 7.70. The number of aliphatic hydroxyl groups is 1. The maximum absolute atomic E-state index is 9.24. The van der Waals surface area contributed by atoms with Crippen LogP contribution in [0, 0.1) is 5.41 Å². The first kappa shape index (κ1) is 8.52. The van der Waals surface area contributed by atoms with Gasteiger partial charge in [-0.2, -0.15) is 0 Å². The van der Waals surface area contributed by atoms with Gasteiger partial charge < -0.3 is 9.84 Å². The van der Waals surface area contributed by atoms with Crippen molar-refractivity contribution in [2.75, 3.05) is 13.2 Å². The van der Waals surface area contributed by atoms with Gasteiger partial charge in [-0.15, -0.1) is 0 Å². The monoisotopic (exact) mass is 170 g/mol. The molecule has 2 aliphatic rings. The lowest BCUT2D eigenvalue weighted by Crippen LogP contribution is -2.36. The minimum Gasteiger partial charge on any atom is -0.396 e. The van der Waals surface area contributed by atoms with Crippen LogP contribution < -0.4 is 0 Å². The van der Waals surface area contributed by atoms with Crippen molar-refractivity contribution in [2.24, 2.45) is 5.41 Å². The van der Waals surface area contributed by atoms with E-state index in [9.17, 15) is 5.11 Å². The quantitative estimate of drug-likeness (QED) is 0.698. The summed E-state index contributed by atoms with van der Waals surface area (Å²) in [6.45, 7) is 1.30. The highest BCUT2D eigenvalue weighted by Gasteiger charge is 2.39. The van der Waals surface area contributed by atoms with Gasteiger partial charge in [-0.05, 0) is 37.5 Å². The topological polar surface area (TPSA) is 29.5 Å². The van der Waals surface area contributed by atoms with Crippen LogP contribution in [0.4, 0.5) is 0 Å². The highest BCUT2D eigenvalue weighted by atomic mass is 16.5. The van der Waals surface area contributed by atoms with E-state index in [2.05, 4.69) is 0 Å². The Labute approximate surface area is 73.9 Å². The summed E-state index contributed by atoms with van der Waals surface area (Å²) >= 11 is 0. The molecule has 2 nitrogen and oxygen atoms in total. The van der Waals surface area contributed by atoms with E-state index in [1.54, 1.807) is 0 Å². The van der Waals surface area contributed by atoms with Crippen LogP contribution in [0.3, 0.4) is 0 Å². The fourth-order valence-corrected chi connectivity index (χ4v) is 2.39. The van der Waals surface area contributed by atoms with E-state index in [0.29, 0.717) is 12.7 Å². The molecule has 0 amide bonds. The van der Waals surface area contributed by atoms with Gasteiger partial charge in [0.1, 0.15) is 0 Å². The van der Waals surface area contributed by atoms with Crippen molar-refractivity contribution in [3.8, 4) is 0 Å². The first-order valence-electron chi connectivity index (χ1n) is 5.07. The Kier molecular flexibility index (Phi) is 2.37. The molecule has 1 heterocycles. The molecular formula is C10H18O2. The molecule has 2 rings (SSSR count). The van der Waals surface area contributed by atoms with Gasteiger partial charge in [-0.1, -0.05) is 6.42 Å². The number of hydrogen-bond acceptors (Lipinski definition) is 2. The molecule has 1 aliphatic carbocycles. The number of aliphatic hydroxyl groups excluding tert-OH is 1. The molecule has 1 N–H and O–H groups in total. The molecular weight excluding hydrogens is 152 g/mol. The first-order valence-corrected chi connectivity index (χ1v) is 5.07. The Balaban J connectivity index is 1.83. The molecule has 1 saturated heterocycles. The highest BCUT2D eigenvalue weighted by molar-refractivity contribution is 4.90. The lowest BCUT2D eigenvalue weighted by atomic mass is 9.66. The van der Waals surface area contributed by atoms with Crippen LogP contribution in [0.1, 0.15) is 38.5 Å². The molecule has 2 fully saturated rings.